The van der Waals surface area contributed by atoms with E-state index in [0.717, 1.165) is 37.9 Å². The molecule has 2 rings (SSSR count). The summed E-state index contributed by atoms with van der Waals surface area (Å²) >= 11 is 0. The summed E-state index contributed by atoms with van der Waals surface area (Å²) in [5.41, 5.74) is 0. The van der Waals surface area contributed by atoms with Gasteiger partial charge in [-0.2, -0.15) is 0 Å². The molecule has 0 aromatic heterocycles. The van der Waals surface area contributed by atoms with Gasteiger partial charge in [0.05, 0.1) is 0 Å². The summed E-state index contributed by atoms with van der Waals surface area (Å²) in [7, 11) is 0. The SMILES string of the molecule is C/C=C\CCCC(C)=O.CC.FC/C=C/C1CCCC1.FCCOC1=CCCC=C1. The Morgan fingerprint density at radius 2 is 1.87 bits per heavy atom. The Hall–Kier alpha value is -1.71. The minimum Gasteiger partial charge on any atom is -0.491 e. The van der Waals surface area contributed by atoms with Crippen LogP contribution in [0.2, 0.25) is 0 Å². The Morgan fingerprint density at radius 3 is 2.37 bits per heavy atom. The van der Waals surface area contributed by atoms with Crippen LogP contribution in [0.15, 0.2) is 48.3 Å². The molecule has 0 saturated heterocycles. The van der Waals surface area contributed by atoms with E-state index in [-0.39, 0.29) is 13.3 Å². The first kappa shape index (κ1) is 30.5. The summed E-state index contributed by atoms with van der Waals surface area (Å²) in [6.07, 6.45) is 23.7. The number of Topliss-reactive ketones (excluding diaryl/α,β-unsaturated/α-hetero) is 1. The minimum absolute atomic E-state index is 0.177. The van der Waals surface area contributed by atoms with Crippen LogP contribution < -0.4 is 0 Å². The third-order valence-electron chi connectivity index (χ3n) is 4.34. The molecule has 0 aromatic rings. The molecule has 174 valence electrons. The molecule has 0 atom stereocenters. The number of ketones is 1. The maximum absolute atomic E-state index is 11.6. The van der Waals surface area contributed by atoms with Crippen molar-refractivity contribution in [2.75, 3.05) is 20.0 Å². The van der Waals surface area contributed by atoms with E-state index in [1.165, 1.54) is 25.7 Å². The van der Waals surface area contributed by atoms with Crippen LogP contribution in [0.4, 0.5) is 8.78 Å². The molecule has 2 nitrogen and oxygen atoms in total. The summed E-state index contributed by atoms with van der Waals surface area (Å²) in [4.78, 5) is 10.4. The number of carbonyl (C=O) groups excluding carboxylic acids is 1. The van der Waals surface area contributed by atoms with Gasteiger partial charge in [0.25, 0.3) is 0 Å². The monoisotopic (exact) mass is 426 g/mol. The highest BCUT2D eigenvalue weighted by Crippen LogP contribution is 2.25. The highest BCUT2D eigenvalue weighted by molar-refractivity contribution is 5.75. The fourth-order valence-corrected chi connectivity index (χ4v) is 2.88. The zero-order valence-electron chi connectivity index (χ0n) is 19.7. The van der Waals surface area contributed by atoms with Gasteiger partial charge in [-0.05, 0) is 70.4 Å². The summed E-state index contributed by atoms with van der Waals surface area (Å²) in [5.74, 6) is 1.80. The molecule has 2 aliphatic rings. The standard InChI is InChI=1S/C8H11FO.C8H13F.C8H14O.C2H6/c9-6-7-10-8-4-2-1-3-5-8;9-7-3-6-8-4-1-2-5-8;1-3-4-5-6-7-8(2)9;1-2/h2,4-5H,1,3,6-7H2;3,6,8H,1-2,4-5,7H2;3-4H,5-7H2,1-2H3;1-2H3/b;6-3+;4-3-;. The molecular weight excluding hydrogens is 382 g/mol. The predicted molar refractivity (Wildman–Crippen MR) is 126 cm³/mol. The lowest BCUT2D eigenvalue weighted by atomic mass is 10.1. The smallest absolute Gasteiger partial charge is 0.129 e. The van der Waals surface area contributed by atoms with Crippen molar-refractivity contribution < 1.29 is 18.3 Å². The molecule has 2 aliphatic carbocycles. The molecule has 0 N–H and O–H groups in total. The van der Waals surface area contributed by atoms with E-state index < -0.39 is 6.67 Å². The van der Waals surface area contributed by atoms with E-state index in [1.807, 2.05) is 51.2 Å². The maximum Gasteiger partial charge on any atom is 0.129 e. The Labute approximate surface area is 184 Å². The molecule has 30 heavy (non-hydrogen) atoms. The molecule has 0 bridgehead atoms. The van der Waals surface area contributed by atoms with E-state index in [4.69, 9.17) is 4.74 Å². The molecule has 4 heteroatoms. The van der Waals surface area contributed by atoms with E-state index >= 15 is 0 Å². The lowest BCUT2D eigenvalue weighted by Gasteiger charge is -2.06. The van der Waals surface area contributed by atoms with Crippen molar-refractivity contribution in [1.82, 2.24) is 0 Å². The van der Waals surface area contributed by atoms with Gasteiger partial charge in [0.15, 0.2) is 0 Å². The van der Waals surface area contributed by atoms with Crippen molar-refractivity contribution >= 4 is 5.78 Å². The van der Waals surface area contributed by atoms with Crippen molar-refractivity contribution in [3.05, 3.63) is 48.3 Å². The lowest BCUT2D eigenvalue weighted by molar-refractivity contribution is -0.117. The predicted octanol–water partition coefficient (Wildman–Crippen LogP) is 8.26. The van der Waals surface area contributed by atoms with Crippen LogP contribution in [0.1, 0.15) is 85.5 Å². The van der Waals surface area contributed by atoms with E-state index in [2.05, 4.69) is 6.08 Å². The van der Waals surface area contributed by atoms with Crippen LogP contribution in [0.3, 0.4) is 0 Å². The van der Waals surface area contributed by atoms with E-state index in [0.29, 0.717) is 11.7 Å². The molecule has 0 unspecified atom stereocenters. The number of ether oxygens (including phenoxy) is 1. The van der Waals surface area contributed by atoms with Gasteiger partial charge in [-0.3, -0.25) is 0 Å². The highest BCUT2D eigenvalue weighted by atomic mass is 19.1. The molecule has 0 amide bonds. The number of alkyl halides is 2. The highest BCUT2D eigenvalue weighted by Gasteiger charge is 2.10. The average Bonchev–Trinajstić information content (AvgIpc) is 3.30. The third-order valence-corrected chi connectivity index (χ3v) is 4.34. The Morgan fingerprint density at radius 1 is 1.17 bits per heavy atom. The Kier molecular flexibility index (Phi) is 25.7. The van der Waals surface area contributed by atoms with Crippen LogP contribution in [-0.2, 0) is 9.53 Å². The van der Waals surface area contributed by atoms with Gasteiger partial charge in [0.1, 0.15) is 31.5 Å². The number of allylic oxidation sites excluding steroid dienone is 7. The summed E-state index contributed by atoms with van der Waals surface area (Å²) in [6, 6.07) is 0. The third kappa shape index (κ3) is 22.6. The molecule has 0 aromatic carbocycles. The zero-order valence-corrected chi connectivity index (χ0v) is 19.7. The number of hydrogen-bond donors (Lipinski definition) is 0. The second-order valence-corrected chi connectivity index (χ2v) is 6.91. The fourth-order valence-electron chi connectivity index (χ4n) is 2.88. The van der Waals surface area contributed by atoms with E-state index in [1.54, 1.807) is 13.0 Å². The lowest BCUT2D eigenvalue weighted by Crippen LogP contribution is -1.96. The molecule has 0 spiro atoms. The first-order chi connectivity index (χ1) is 14.6. The second kappa shape index (κ2) is 25.3. The van der Waals surface area contributed by atoms with Crippen LogP contribution in [-0.4, -0.2) is 25.7 Å². The number of halogens is 2. The van der Waals surface area contributed by atoms with Gasteiger partial charge in [-0.1, -0.05) is 57.1 Å². The quantitative estimate of drug-likeness (QED) is 0.274. The molecule has 0 heterocycles. The number of rotatable bonds is 9. The van der Waals surface area contributed by atoms with Crippen molar-refractivity contribution in [3.8, 4) is 0 Å². The second-order valence-electron chi connectivity index (χ2n) is 6.91. The van der Waals surface area contributed by atoms with Gasteiger partial charge < -0.3 is 9.53 Å². The van der Waals surface area contributed by atoms with Gasteiger partial charge >= 0.3 is 0 Å². The first-order valence-corrected chi connectivity index (χ1v) is 11.5. The van der Waals surface area contributed by atoms with Crippen molar-refractivity contribution in [1.29, 1.82) is 0 Å². The molecule has 0 aliphatic heterocycles. The molecular formula is C26H44F2O2. The average molecular weight is 427 g/mol. The van der Waals surface area contributed by atoms with Gasteiger partial charge in [0, 0.05) is 6.42 Å². The number of hydrogen-bond acceptors (Lipinski definition) is 2. The number of carbonyl (C=O) groups is 1. The van der Waals surface area contributed by atoms with Crippen LogP contribution in [0, 0.1) is 5.92 Å². The van der Waals surface area contributed by atoms with Crippen molar-refractivity contribution in [3.63, 3.8) is 0 Å². The normalized spacial score (nSPS) is 15.5. The zero-order chi connectivity index (χ0) is 22.9. The van der Waals surface area contributed by atoms with Gasteiger partial charge in [-0.15, -0.1) is 0 Å². The fraction of sp³-hybridized carbons (Fsp3) is 0.654. The van der Waals surface area contributed by atoms with Gasteiger partial charge in [-0.25, -0.2) is 8.78 Å². The molecule has 1 saturated carbocycles. The first-order valence-electron chi connectivity index (χ1n) is 11.5. The van der Waals surface area contributed by atoms with Crippen LogP contribution in [0.25, 0.3) is 0 Å². The van der Waals surface area contributed by atoms with Crippen LogP contribution in [0.5, 0.6) is 0 Å². The van der Waals surface area contributed by atoms with Gasteiger partial charge in [0.2, 0.25) is 0 Å². The molecule has 0 radical (unpaired) electrons. The maximum atomic E-state index is 11.6. The summed E-state index contributed by atoms with van der Waals surface area (Å²) in [5, 5.41) is 0. The topological polar surface area (TPSA) is 26.3 Å². The summed E-state index contributed by atoms with van der Waals surface area (Å²) in [6.45, 7) is 7.10. The van der Waals surface area contributed by atoms with Crippen molar-refractivity contribution in [2.24, 2.45) is 5.92 Å². The number of unbranched alkanes of at least 4 members (excludes halogenated alkanes) is 1. The van der Waals surface area contributed by atoms with E-state index in [9.17, 15) is 13.6 Å². The summed E-state index contributed by atoms with van der Waals surface area (Å²) < 4.78 is 28.2. The largest absolute Gasteiger partial charge is 0.491 e. The van der Waals surface area contributed by atoms with Crippen molar-refractivity contribution in [2.45, 2.75) is 85.5 Å². The minimum atomic E-state index is -0.412. The Bertz CT molecular complexity index is 487. The van der Waals surface area contributed by atoms with Crippen LogP contribution >= 0.6 is 0 Å². The molecule has 1 fully saturated rings. The Balaban J connectivity index is 0.